The van der Waals surface area contributed by atoms with E-state index < -0.39 is 0 Å². The number of nitrogens with zero attached hydrogens (tertiary/aromatic N) is 2. The molecule has 1 aliphatic rings. The number of aliphatic hydroxyl groups excluding tert-OH is 1. The maximum Gasteiger partial charge on any atom is 0.255 e. The highest BCUT2D eigenvalue weighted by molar-refractivity contribution is 5.95. The Morgan fingerprint density at radius 1 is 1.35 bits per heavy atom. The SMILES string of the molecule is O=C(c1cccnc1CCO)N1CCCCC1. The summed E-state index contributed by atoms with van der Waals surface area (Å²) in [6.07, 6.45) is 5.48. The van der Waals surface area contributed by atoms with Gasteiger partial charge in [-0.15, -0.1) is 0 Å². The Bertz CT molecular complexity index is 387. The van der Waals surface area contributed by atoms with E-state index in [0.29, 0.717) is 17.7 Å². The van der Waals surface area contributed by atoms with E-state index in [2.05, 4.69) is 4.98 Å². The van der Waals surface area contributed by atoms with Crippen LogP contribution in [0.5, 0.6) is 0 Å². The van der Waals surface area contributed by atoms with Crippen LogP contribution in [-0.2, 0) is 6.42 Å². The second-order valence-electron chi connectivity index (χ2n) is 4.32. The standard InChI is InChI=1S/C13H18N2O2/c16-10-6-12-11(5-4-7-14-12)13(17)15-8-2-1-3-9-15/h4-5,7,16H,1-3,6,8-10H2. The molecular weight excluding hydrogens is 216 g/mol. The molecule has 4 heteroatoms. The van der Waals surface area contributed by atoms with Crippen molar-refractivity contribution >= 4 is 5.91 Å². The predicted molar refractivity (Wildman–Crippen MR) is 64.8 cm³/mol. The van der Waals surface area contributed by atoms with Crippen LogP contribution in [0.15, 0.2) is 18.3 Å². The van der Waals surface area contributed by atoms with Gasteiger partial charge in [0, 0.05) is 32.3 Å². The van der Waals surface area contributed by atoms with Crippen molar-refractivity contribution < 1.29 is 9.90 Å². The summed E-state index contributed by atoms with van der Waals surface area (Å²) in [7, 11) is 0. The summed E-state index contributed by atoms with van der Waals surface area (Å²) >= 11 is 0. The van der Waals surface area contributed by atoms with Crippen molar-refractivity contribution in [3.63, 3.8) is 0 Å². The van der Waals surface area contributed by atoms with Crippen LogP contribution in [0, 0.1) is 0 Å². The minimum Gasteiger partial charge on any atom is -0.396 e. The van der Waals surface area contributed by atoms with Gasteiger partial charge in [0.15, 0.2) is 0 Å². The Morgan fingerprint density at radius 2 is 2.12 bits per heavy atom. The molecule has 0 unspecified atom stereocenters. The lowest BCUT2D eigenvalue weighted by Gasteiger charge is -2.27. The van der Waals surface area contributed by atoms with Crippen LogP contribution in [0.2, 0.25) is 0 Å². The number of pyridine rings is 1. The summed E-state index contributed by atoms with van der Waals surface area (Å²) < 4.78 is 0. The van der Waals surface area contributed by atoms with Gasteiger partial charge in [0.25, 0.3) is 5.91 Å². The molecule has 92 valence electrons. The molecule has 1 fully saturated rings. The molecule has 0 aromatic carbocycles. The number of rotatable bonds is 3. The molecule has 0 bridgehead atoms. The second-order valence-corrected chi connectivity index (χ2v) is 4.32. The zero-order chi connectivity index (χ0) is 12.1. The van der Waals surface area contributed by atoms with E-state index in [1.807, 2.05) is 4.90 Å². The first-order valence-electron chi connectivity index (χ1n) is 6.17. The Hall–Kier alpha value is -1.42. The van der Waals surface area contributed by atoms with Crippen LogP contribution >= 0.6 is 0 Å². The fraction of sp³-hybridized carbons (Fsp3) is 0.538. The number of aliphatic hydroxyl groups is 1. The molecule has 0 atom stereocenters. The van der Waals surface area contributed by atoms with Crippen molar-refractivity contribution in [3.8, 4) is 0 Å². The van der Waals surface area contributed by atoms with E-state index in [1.165, 1.54) is 6.42 Å². The van der Waals surface area contributed by atoms with Gasteiger partial charge in [-0.1, -0.05) is 0 Å². The van der Waals surface area contributed by atoms with E-state index in [0.717, 1.165) is 25.9 Å². The molecule has 4 nitrogen and oxygen atoms in total. The van der Waals surface area contributed by atoms with Crippen LogP contribution < -0.4 is 0 Å². The third-order valence-electron chi connectivity index (χ3n) is 3.11. The lowest BCUT2D eigenvalue weighted by Crippen LogP contribution is -2.36. The average Bonchev–Trinajstić information content (AvgIpc) is 2.40. The number of hydrogen-bond acceptors (Lipinski definition) is 3. The van der Waals surface area contributed by atoms with Gasteiger partial charge in [0.1, 0.15) is 0 Å². The van der Waals surface area contributed by atoms with Crippen LogP contribution in [0.25, 0.3) is 0 Å². The number of carbonyl (C=O) groups is 1. The molecule has 1 amide bonds. The highest BCUT2D eigenvalue weighted by Crippen LogP contribution is 2.15. The van der Waals surface area contributed by atoms with Gasteiger partial charge in [-0.2, -0.15) is 0 Å². The molecule has 0 aliphatic carbocycles. The highest BCUT2D eigenvalue weighted by atomic mass is 16.3. The summed E-state index contributed by atoms with van der Waals surface area (Å²) in [6.45, 7) is 1.70. The fourth-order valence-electron chi connectivity index (χ4n) is 2.21. The van der Waals surface area contributed by atoms with Crippen molar-refractivity contribution in [2.24, 2.45) is 0 Å². The monoisotopic (exact) mass is 234 g/mol. The van der Waals surface area contributed by atoms with E-state index in [-0.39, 0.29) is 12.5 Å². The number of amides is 1. The number of aromatic nitrogens is 1. The van der Waals surface area contributed by atoms with Crippen molar-refractivity contribution in [1.82, 2.24) is 9.88 Å². The maximum atomic E-state index is 12.3. The molecule has 17 heavy (non-hydrogen) atoms. The van der Waals surface area contributed by atoms with E-state index >= 15 is 0 Å². The number of likely N-dealkylation sites (tertiary alicyclic amines) is 1. The first-order chi connectivity index (χ1) is 8.33. The first kappa shape index (κ1) is 12.0. The van der Waals surface area contributed by atoms with Gasteiger partial charge in [-0.3, -0.25) is 9.78 Å². The van der Waals surface area contributed by atoms with Gasteiger partial charge in [0.2, 0.25) is 0 Å². The largest absolute Gasteiger partial charge is 0.396 e. The zero-order valence-corrected chi connectivity index (χ0v) is 9.93. The van der Waals surface area contributed by atoms with Gasteiger partial charge < -0.3 is 10.0 Å². The molecule has 0 radical (unpaired) electrons. The molecule has 2 rings (SSSR count). The number of carbonyl (C=O) groups excluding carboxylic acids is 1. The molecule has 1 N–H and O–H groups in total. The third kappa shape index (κ3) is 2.82. The summed E-state index contributed by atoms with van der Waals surface area (Å²) in [6, 6.07) is 3.58. The molecule has 1 aromatic rings. The van der Waals surface area contributed by atoms with Gasteiger partial charge in [-0.25, -0.2) is 0 Å². The quantitative estimate of drug-likeness (QED) is 0.856. The Kier molecular flexibility index (Phi) is 4.09. The van der Waals surface area contributed by atoms with Gasteiger partial charge in [0.05, 0.1) is 11.3 Å². The fourth-order valence-corrected chi connectivity index (χ4v) is 2.21. The van der Waals surface area contributed by atoms with Crippen molar-refractivity contribution in [2.45, 2.75) is 25.7 Å². The third-order valence-corrected chi connectivity index (χ3v) is 3.11. The molecule has 2 heterocycles. The smallest absolute Gasteiger partial charge is 0.255 e. The molecule has 0 spiro atoms. The zero-order valence-electron chi connectivity index (χ0n) is 9.93. The minimum atomic E-state index is 0.0251. The Balaban J connectivity index is 2.17. The van der Waals surface area contributed by atoms with Crippen LogP contribution in [0.1, 0.15) is 35.3 Å². The summed E-state index contributed by atoms with van der Waals surface area (Å²) in [5.74, 6) is 0.0567. The van der Waals surface area contributed by atoms with E-state index in [9.17, 15) is 4.79 Å². The number of hydrogen-bond donors (Lipinski definition) is 1. The predicted octanol–water partition coefficient (Wildman–Crippen LogP) is 1.24. The van der Waals surface area contributed by atoms with E-state index in [1.54, 1.807) is 18.3 Å². The molecule has 1 aliphatic heterocycles. The van der Waals surface area contributed by atoms with Crippen LogP contribution in [0.3, 0.4) is 0 Å². The molecular formula is C13H18N2O2. The maximum absolute atomic E-state index is 12.3. The van der Waals surface area contributed by atoms with Crippen LogP contribution in [-0.4, -0.2) is 40.6 Å². The van der Waals surface area contributed by atoms with E-state index in [4.69, 9.17) is 5.11 Å². The van der Waals surface area contributed by atoms with Gasteiger partial charge in [-0.05, 0) is 31.4 Å². The summed E-state index contributed by atoms with van der Waals surface area (Å²) in [5, 5.41) is 8.97. The van der Waals surface area contributed by atoms with Crippen molar-refractivity contribution in [2.75, 3.05) is 19.7 Å². The summed E-state index contributed by atoms with van der Waals surface area (Å²) in [5.41, 5.74) is 1.34. The Morgan fingerprint density at radius 3 is 2.82 bits per heavy atom. The lowest BCUT2D eigenvalue weighted by molar-refractivity contribution is 0.0722. The topological polar surface area (TPSA) is 53.4 Å². The molecule has 1 aromatic heterocycles. The van der Waals surface area contributed by atoms with Crippen molar-refractivity contribution in [1.29, 1.82) is 0 Å². The summed E-state index contributed by atoms with van der Waals surface area (Å²) in [4.78, 5) is 18.4. The van der Waals surface area contributed by atoms with Gasteiger partial charge >= 0.3 is 0 Å². The minimum absolute atomic E-state index is 0.0251. The Labute approximate surface area is 101 Å². The number of piperidine rings is 1. The lowest BCUT2D eigenvalue weighted by atomic mass is 10.1. The first-order valence-corrected chi connectivity index (χ1v) is 6.17. The highest BCUT2D eigenvalue weighted by Gasteiger charge is 2.20. The van der Waals surface area contributed by atoms with Crippen molar-refractivity contribution in [3.05, 3.63) is 29.6 Å². The van der Waals surface area contributed by atoms with Crippen LogP contribution in [0.4, 0.5) is 0 Å². The normalized spacial score (nSPS) is 15.9. The second kappa shape index (κ2) is 5.77. The average molecular weight is 234 g/mol. The molecule has 1 saturated heterocycles. The molecule has 0 saturated carbocycles.